The summed E-state index contributed by atoms with van der Waals surface area (Å²) in [7, 11) is 0. The van der Waals surface area contributed by atoms with Gasteiger partial charge in [0.25, 0.3) is 0 Å². The van der Waals surface area contributed by atoms with Gasteiger partial charge in [-0.15, -0.1) is 0 Å². The second-order valence-corrected chi connectivity index (χ2v) is 4.67. The van der Waals surface area contributed by atoms with Crippen molar-refractivity contribution in [2.45, 2.75) is 46.1 Å². The Bertz CT molecular complexity index is 370. The van der Waals surface area contributed by atoms with E-state index >= 15 is 0 Å². The number of hydrogen-bond donors (Lipinski definition) is 1. The van der Waals surface area contributed by atoms with E-state index in [1.807, 2.05) is 13.8 Å². The molecule has 0 atom stereocenters. The Morgan fingerprint density at radius 2 is 2.05 bits per heavy atom. The zero-order valence-electron chi connectivity index (χ0n) is 12.1. The summed E-state index contributed by atoms with van der Waals surface area (Å²) in [4.78, 5) is 8.52. The Morgan fingerprint density at radius 3 is 2.68 bits per heavy atom. The molecule has 5 nitrogen and oxygen atoms in total. The maximum atomic E-state index is 9.30. The molecule has 1 rings (SSSR count). The van der Waals surface area contributed by atoms with E-state index in [1.54, 1.807) is 6.20 Å². The third kappa shape index (κ3) is 5.53. The minimum Gasteiger partial charge on any atom is -0.488 e. The molecule has 0 saturated carbocycles. The van der Waals surface area contributed by atoms with Crippen LogP contribution in [0.4, 0.5) is 0 Å². The van der Waals surface area contributed by atoms with Crippen molar-refractivity contribution < 1.29 is 14.6 Å². The van der Waals surface area contributed by atoms with Crippen molar-refractivity contribution in [2.75, 3.05) is 19.8 Å². The van der Waals surface area contributed by atoms with Crippen LogP contribution in [-0.2, 0) is 11.3 Å². The lowest BCUT2D eigenvalue weighted by atomic mass is 10.2. The van der Waals surface area contributed by atoms with E-state index in [0.717, 1.165) is 25.3 Å². The third-order valence-corrected chi connectivity index (χ3v) is 2.64. The van der Waals surface area contributed by atoms with Crippen molar-refractivity contribution >= 4 is 0 Å². The molecular formula is C14H24N2O3. The van der Waals surface area contributed by atoms with Gasteiger partial charge in [-0.25, -0.2) is 9.97 Å². The van der Waals surface area contributed by atoms with Crippen LogP contribution in [0.2, 0.25) is 0 Å². The highest BCUT2D eigenvalue weighted by molar-refractivity contribution is 5.24. The van der Waals surface area contributed by atoms with E-state index in [-0.39, 0.29) is 12.5 Å². The first-order chi connectivity index (χ1) is 9.19. The molecule has 19 heavy (non-hydrogen) atoms. The van der Waals surface area contributed by atoms with Crippen LogP contribution in [0, 0.1) is 0 Å². The molecule has 1 aromatic rings. The number of aromatic nitrogens is 2. The smallest absolute Gasteiger partial charge is 0.161 e. The molecule has 1 aromatic heterocycles. The van der Waals surface area contributed by atoms with E-state index in [2.05, 4.69) is 16.9 Å². The molecule has 0 spiro atoms. The van der Waals surface area contributed by atoms with Crippen molar-refractivity contribution in [1.82, 2.24) is 9.97 Å². The number of aliphatic hydroxyl groups is 1. The number of unbranched alkanes of at least 4 members (excludes halogenated alkanes) is 1. The first-order valence-corrected chi connectivity index (χ1v) is 6.86. The zero-order valence-corrected chi connectivity index (χ0v) is 12.1. The maximum absolute atomic E-state index is 9.30. The predicted molar refractivity (Wildman–Crippen MR) is 73.3 cm³/mol. The van der Waals surface area contributed by atoms with Crippen LogP contribution in [0.5, 0.6) is 5.75 Å². The van der Waals surface area contributed by atoms with Crippen LogP contribution in [0.3, 0.4) is 0 Å². The van der Waals surface area contributed by atoms with Gasteiger partial charge in [-0.2, -0.15) is 0 Å². The number of rotatable bonds is 9. The molecule has 0 aliphatic carbocycles. The average Bonchev–Trinajstić information content (AvgIpc) is 2.42. The minimum atomic E-state index is -0.145. The summed E-state index contributed by atoms with van der Waals surface area (Å²) >= 11 is 0. The summed E-state index contributed by atoms with van der Waals surface area (Å²) in [6, 6.07) is 0. The molecule has 0 aliphatic heterocycles. The van der Waals surface area contributed by atoms with E-state index in [0.29, 0.717) is 24.7 Å². The number of ether oxygens (including phenoxy) is 2. The molecule has 0 fully saturated rings. The molecule has 0 saturated heterocycles. The molecule has 0 radical (unpaired) electrons. The fourth-order valence-electron chi connectivity index (χ4n) is 1.49. The molecule has 0 aliphatic rings. The van der Waals surface area contributed by atoms with Crippen LogP contribution in [-0.4, -0.2) is 34.9 Å². The summed E-state index contributed by atoms with van der Waals surface area (Å²) in [6.07, 6.45) is 3.81. The van der Waals surface area contributed by atoms with Crippen LogP contribution < -0.4 is 4.74 Å². The van der Waals surface area contributed by atoms with Gasteiger partial charge in [0.1, 0.15) is 18.1 Å². The normalized spacial score (nSPS) is 11.0. The first kappa shape index (κ1) is 15.9. The fraction of sp³-hybridized carbons (Fsp3) is 0.714. The lowest BCUT2D eigenvalue weighted by Gasteiger charge is -2.11. The largest absolute Gasteiger partial charge is 0.488 e. The lowest BCUT2D eigenvalue weighted by Crippen LogP contribution is -2.11. The molecule has 0 amide bonds. The van der Waals surface area contributed by atoms with Gasteiger partial charge in [0.05, 0.1) is 19.4 Å². The van der Waals surface area contributed by atoms with Crippen LogP contribution in [0.15, 0.2) is 6.20 Å². The zero-order chi connectivity index (χ0) is 14.1. The van der Waals surface area contributed by atoms with Gasteiger partial charge >= 0.3 is 0 Å². The fourth-order valence-corrected chi connectivity index (χ4v) is 1.49. The quantitative estimate of drug-likeness (QED) is 0.696. The van der Waals surface area contributed by atoms with E-state index in [1.165, 1.54) is 0 Å². The molecule has 0 aromatic carbocycles. The van der Waals surface area contributed by atoms with Crippen molar-refractivity contribution in [2.24, 2.45) is 0 Å². The van der Waals surface area contributed by atoms with Gasteiger partial charge in [0.2, 0.25) is 0 Å². The van der Waals surface area contributed by atoms with Gasteiger partial charge in [0, 0.05) is 12.5 Å². The van der Waals surface area contributed by atoms with Crippen molar-refractivity contribution in [3.8, 4) is 5.75 Å². The summed E-state index contributed by atoms with van der Waals surface area (Å²) in [5, 5.41) is 9.30. The summed E-state index contributed by atoms with van der Waals surface area (Å²) in [6.45, 7) is 7.75. The Hall–Kier alpha value is -1.20. The van der Waals surface area contributed by atoms with Crippen molar-refractivity contribution in [3.63, 3.8) is 0 Å². The molecule has 5 heteroatoms. The predicted octanol–water partition coefficient (Wildman–Crippen LogP) is 2.29. The van der Waals surface area contributed by atoms with Crippen LogP contribution in [0.25, 0.3) is 0 Å². The average molecular weight is 268 g/mol. The highest BCUT2D eigenvalue weighted by Gasteiger charge is 2.09. The Morgan fingerprint density at radius 1 is 1.26 bits per heavy atom. The van der Waals surface area contributed by atoms with Gasteiger partial charge in [-0.1, -0.05) is 27.2 Å². The summed E-state index contributed by atoms with van der Waals surface area (Å²) < 4.78 is 10.9. The second-order valence-electron chi connectivity index (χ2n) is 4.67. The number of hydrogen-bond acceptors (Lipinski definition) is 5. The summed E-state index contributed by atoms with van der Waals surface area (Å²) in [5.41, 5.74) is 0.534. The number of aliphatic hydroxyl groups excluding tert-OH is 1. The van der Waals surface area contributed by atoms with Gasteiger partial charge < -0.3 is 14.6 Å². The monoisotopic (exact) mass is 268 g/mol. The van der Waals surface area contributed by atoms with Gasteiger partial charge in [-0.05, 0) is 6.42 Å². The summed E-state index contributed by atoms with van der Waals surface area (Å²) in [5.74, 6) is 1.48. The Labute approximate surface area is 115 Å². The SMILES string of the molecule is CCCCOCCOc1cnc(C(C)C)nc1CO. The van der Waals surface area contributed by atoms with Gasteiger partial charge in [0.15, 0.2) is 5.75 Å². The van der Waals surface area contributed by atoms with Crippen LogP contribution in [0.1, 0.15) is 51.0 Å². The van der Waals surface area contributed by atoms with E-state index in [9.17, 15) is 5.11 Å². The minimum absolute atomic E-state index is 0.145. The van der Waals surface area contributed by atoms with Crippen molar-refractivity contribution in [3.05, 3.63) is 17.7 Å². The lowest BCUT2D eigenvalue weighted by molar-refractivity contribution is 0.0967. The van der Waals surface area contributed by atoms with Gasteiger partial charge in [-0.3, -0.25) is 0 Å². The molecule has 0 unspecified atom stereocenters. The number of nitrogens with zero attached hydrogens (tertiary/aromatic N) is 2. The molecule has 1 heterocycles. The highest BCUT2D eigenvalue weighted by atomic mass is 16.5. The maximum Gasteiger partial charge on any atom is 0.161 e. The highest BCUT2D eigenvalue weighted by Crippen LogP contribution is 2.18. The van der Waals surface area contributed by atoms with E-state index < -0.39 is 0 Å². The molecule has 0 bridgehead atoms. The first-order valence-electron chi connectivity index (χ1n) is 6.86. The topological polar surface area (TPSA) is 64.5 Å². The van der Waals surface area contributed by atoms with E-state index in [4.69, 9.17) is 9.47 Å². The Kier molecular flexibility index (Phi) is 7.36. The molecular weight excluding hydrogens is 244 g/mol. The standard InChI is InChI=1S/C14H24N2O3/c1-4-5-6-18-7-8-19-13-9-15-14(11(2)3)16-12(13)10-17/h9,11,17H,4-8,10H2,1-3H3. The van der Waals surface area contributed by atoms with Crippen molar-refractivity contribution in [1.29, 1.82) is 0 Å². The molecule has 108 valence electrons. The van der Waals surface area contributed by atoms with Crippen LogP contribution >= 0.6 is 0 Å². The Balaban J connectivity index is 2.44. The molecule has 1 N–H and O–H groups in total. The second kappa shape index (κ2) is 8.82. The third-order valence-electron chi connectivity index (χ3n) is 2.64.